The Labute approximate surface area is 101 Å². The standard InChI is InChI=1S/C13H17N3O/c1-10(2)16-12-6-4-3-5-11(12)15-13(16)7-8-14-9-17/h3-6,9-10H,7-8H2,1-2H3,(H,14,17). The number of rotatable bonds is 5. The zero-order valence-corrected chi connectivity index (χ0v) is 10.2. The van der Waals surface area contributed by atoms with Gasteiger partial charge in [0.15, 0.2) is 0 Å². The van der Waals surface area contributed by atoms with E-state index in [1.807, 2.05) is 18.2 Å². The maximum Gasteiger partial charge on any atom is 0.207 e. The van der Waals surface area contributed by atoms with Gasteiger partial charge in [0.25, 0.3) is 0 Å². The largest absolute Gasteiger partial charge is 0.358 e. The summed E-state index contributed by atoms with van der Waals surface area (Å²) in [4.78, 5) is 14.9. The molecule has 0 spiro atoms. The summed E-state index contributed by atoms with van der Waals surface area (Å²) >= 11 is 0. The number of carbonyl (C=O) groups excluding carboxylic acids is 1. The Kier molecular flexibility index (Phi) is 3.42. The first-order valence-corrected chi connectivity index (χ1v) is 5.87. The van der Waals surface area contributed by atoms with Crippen LogP contribution in [-0.2, 0) is 11.2 Å². The molecule has 2 rings (SSSR count). The van der Waals surface area contributed by atoms with Crippen molar-refractivity contribution in [3.8, 4) is 0 Å². The molecule has 1 amide bonds. The zero-order valence-electron chi connectivity index (χ0n) is 10.2. The number of carbonyl (C=O) groups is 1. The van der Waals surface area contributed by atoms with E-state index in [2.05, 4.69) is 34.8 Å². The van der Waals surface area contributed by atoms with Gasteiger partial charge in [0.1, 0.15) is 5.82 Å². The van der Waals surface area contributed by atoms with Gasteiger partial charge in [-0.2, -0.15) is 0 Å². The predicted octanol–water partition coefficient (Wildman–Crippen LogP) is 1.91. The third-order valence-corrected chi connectivity index (χ3v) is 2.76. The first kappa shape index (κ1) is 11.6. The van der Waals surface area contributed by atoms with Crippen molar-refractivity contribution in [3.63, 3.8) is 0 Å². The van der Waals surface area contributed by atoms with Crippen LogP contribution < -0.4 is 5.32 Å². The Morgan fingerprint density at radius 3 is 2.88 bits per heavy atom. The molecule has 0 fully saturated rings. The fraction of sp³-hybridized carbons (Fsp3) is 0.385. The second kappa shape index (κ2) is 4.99. The van der Waals surface area contributed by atoms with Crippen LogP contribution in [0.2, 0.25) is 0 Å². The molecule has 4 nitrogen and oxygen atoms in total. The van der Waals surface area contributed by atoms with Gasteiger partial charge >= 0.3 is 0 Å². The van der Waals surface area contributed by atoms with Gasteiger partial charge < -0.3 is 9.88 Å². The fourth-order valence-electron chi connectivity index (χ4n) is 2.09. The maximum atomic E-state index is 10.2. The highest BCUT2D eigenvalue weighted by Gasteiger charge is 2.11. The number of hydrogen-bond acceptors (Lipinski definition) is 2. The summed E-state index contributed by atoms with van der Waals surface area (Å²) < 4.78 is 2.22. The minimum Gasteiger partial charge on any atom is -0.358 e. The van der Waals surface area contributed by atoms with E-state index in [0.29, 0.717) is 12.6 Å². The van der Waals surface area contributed by atoms with Gasteiger partial charge in [-0.05, 0) is 26.0 Å². The van der Waals surface area contributed by atoms with E-state index in [0.717, 1.165) is 29.7 Å². The first-order valence-electron chi connectivity index (χ1n) is 5.87. The van der Waals surface area contributed by atoms with Gasteiger partial charge in [0, 0.05) is 19.0 Å². The Morgan fingerprint density at radius 2 is 2.18 bits per heavy atom. The normalized spacial score (nSPS) is 11.0. The molecule has 1 heterocycles. The molecule has 0 bridgehead atoms. The topological polar surface area (TPSA) is 46.9 Å². The molecule has 2 aromatic rings. The van der Waals surface area contributed by atoms with Gasteiger partial charge in [0.05, 0.1) is 11.0 Å². The Morgan fingerprint density at radius 1 is 1.41 bits per heavy atom. The van der Waals surface area contributed by atoms with Crippen LogP contribution in [0, 0.1) is 0 Å². The minimum atomic E-state index is 0.369. The van der Waals surface area contributed by atoms with Crippen LogP contribution in [0.25, 0.3) is 11.0 Å². The van der Waals surface area contributed by atoms with Crippen LogP contribution in [0.15, 0.2) is 24.3 Å². The smallest absolute Gasteiger partial charge is 0.207 e. The molecule has 0 radical (unpaired) electrons. The van der Waals surface area contributed by atoms with Crippen LogP contribution in [0.5, 0.6) is 0 Å². The number of nitrogens with one attached hydrogen (secondary N) is 1. The van der Waals surface area contributed by atoms with Crippen LogP contribution in [0.3, 0.4) is 0 Å². The number of hydrogen-bond donors (Lipinski definition) is 1. The van der Waals surface area contributed by atoms with Gasteiger partial charge in [-0.25, -0.2) is 4.98 Å². The van der Waals surface area contributed by atoms with Crippen molar-refractivity contribution >= 4 is 17.4 Å². The number of fused-ring (bicyclic) bond motifs is 1. The zero-order chi connectivity index (χ0) is 12.3. The van der Waals surface area contributed by atoms with Crippen molar-refractivity contribution in [2.24, 2.45) is 0 Å². The fourth-order valence-corrected chi connectivity index (χ4v) is 2.09. The van der Waals surface area contributed by atoms with E-state index >= 15 is 0 Å². The summed E-state index contributed by atoms with van der Waals surface area (Å²) in [6.07, 6.45) is 1.48. The van der Waals surface area contributed by atoms with Gasteiger partial charge in [-0.15, -0.1) is 0 Å². The number of aromatic nitrogens is 2. The molecular weight excluding hydrogens is 214 g/mol. The lowest BCUT2D eigenvalue weighted by Crippen LogP contribution is -2.17. The molecule has 4 heteroatoms. The van der Waals surface area contributed by atoms with Crippen LogP contribution >= 0.6 is 0 Å². The molecule has 1 aromatic carbocycles. The minimum absolute atomic E-state index is 0.369. The van der Waals surface area contributed by atoms with Gasteiger partial charge in [-0.1, -0.05) is 12.1 Å². The first-order chi connectivity index (χ1) is 8.24. The number of imidazole rings is 1. The second-order valence-electron chi connectivity index (χ2n) is 4.30. The summed E-state index contributed by atoms with van der Waals surface area (Å²) in [5.41, 5.74) is 2.17. The summed E-state index contributed by atoms with van der Waals surface area (Å²) in [6.45, 7) is 4.91. The van der Waals surface area contributed by atoms with Crippen LogP contribution in [0.4, 0.5) is 0 Å². The molecule has 0 aliphatic carbocycles. The molecule has 0 saturated carbocycles. The van der Waals surface area contributed by atoms with Crippen molar-refractivity contribution < 1.29 is 4.79 Å². The lowest BCUT2D eigenvalue weighted by Gasteiger charge is -2.12. The van der Waals surface area contributed by atoms with E-state index < -0.39 is 0 Å². The summed E-state index contributed by atoms with van der Waals surface area (Å²) in [5, 5.41) is 2.67. The Balaban J connectivity index is 2.39. The molecule has 90 valence electrons. The lowest BCUT2D eigenvalue weighted by atomic mass is 10.3. The van der Waals surface area contributed by atoms with Crippen molar-refractivity contribution in [1.29, 1.82) is 0 Å². The molecule has 1 N–H and O–H groups in total. The van der Waals surface area contributed by atoms with Crippen molar-refractivity contribution in [2.75, 3.05) is 6.54 Å². The molecule has 17 heavy (non-hydrogen) atoms. The monoisotopic (exact) mass is 231 g/mol. The summed E-state index contributed by atoms with van der Waals surface area (Å²) in [6, 6.07) is 8.49. The third-order valence-electron chi connectivity index (χ3n) is 2.76. The van der Waals surface area contributed by atoms with Crippen LogP contribution in [-0.4, -0.2) is 22.5 Å². The van der Waals surface area contributed by atoms with Gasteiger partial charge in [0.2, 0.25) is 6.41 Å². The molecular formula is C13H17N3O. The van der Waals surface area contributed by atoms with E-state index in [4.69, 9.17) is 0 Å². The lowest BCUT2D eigenvalue weighted by molar-refractivity contribution is -0.109. The van der Waals surface area contributed by atoms with E-state index in [1.165, 1.54) is 0 Å². The van der Waals surface area contributed by atoms with Crippen molar-refractivity contribution in [1.82, 2.24) is 14.9 Å². The number of benzene rings is 1. The third kappa shape index (κ3) is 2.30. The van der Waals surface area contributed by atoms with Gasteiger partial charge in [-0.3, -0.25) is 4.79 Å². The van der Waals surface area contributed by atoms with Crippen LogP contribution in [0.1, 0.15) is 25.7 Å². The SMILES string of the molecule is CC(C)n1c(CCNC=O)nc2ccccc21. The molecule has 0 atom stereocenters. The van der Waals surface area contributed by atoms with E-state index in [9.17, 15) is 4.79 Å². The number of amides is 1. The maximum absolute atomic E-state index is 10.2. The Hall–Kier alpha value is -1.84. The molecule has 0 aliphatic rings. The summed E-state index contributed by atoms with van der Waals surface area (Å²) in [5.74, 6) is 1.02. The predicted molar refractivity (Wildman–Crippen MR) is 67.9 cm³/mol. The quantitative estimate of drug-likeness (QED) is 0.631. The molecule has 0 aliphatic heterocycles. The van der Waals surface area contributed by atoms with Crippen molar-refractivity contribution in [3.05, 3.63) is 30.1 Å². The Bertz CT molecular complexity index is 516. The average Bonchev–Trinajstić information content (AvgIpc) is 2.67. The second-order valence-corrected chi connectivity index (χ2v) is 4.30. The molecule has 1 aromatic heterocycles. The molecule has 0 saturated heterocycles. The van der Waals surface area contributed by atoms with E-state index in [-0.39, 0.29) is 0 Å². The molecule has 0 unspecified atom stereocenters. The highest BCUT2D eigenvalue weighted by Crippen LogP contribution is 2.20. The number of nitrogens with zero attached hydrogens (tertiary/aromatic N) is 2. The number of para-hydroxylation sites is 2. The van der Waals surface area contributed by atoms with E-state index in [1.54, 1.807) is 0 Å². The highest BCUT2D eigenvalue weighted by atomic mass is 16.1. The average molecular weight is 231 g/mol. The highest BCUT2D eigenvalue weighted by molar-refractivity contribution is 5.76. The summed E-state index contributed by atoms with van der Waals surface area (Å²) in [7, 11) is 0. The van der Waals surface area contributed by atoms with Crippen molar-refractivity contribution in [2.45, 2.75) is 26.3 Å².